The van der Waals surface area contributed by atoms with Gasteiger partial charge in [-0.25, -0.2) is 18.4 Å². The number of sulfonamides is 1. The number of phenolic OH excluding ortho intramolecular Hbond substituents is 1. The number of nitrogens with one attached hydrogen (secondary N) is 3. The fraction of sp³-hybridized carbons (Fsp3) is 0.250. The van der Waals surface area contributed by atoms with Gasteiger partial charge in [-0.2, -0.15) is 0 Å². The smallest absolute Gasteiger partial charge is 0.263 e. The van der Waals surface area contributed by atoms with Gasteiger partial charge in [-0.1, -0.05) is 46.4 Å². The number of amides is 1. The van der Waals surface area contributed by atoms with Crippen molar-refractivity contribution < 1.29 is 23.1 Å². The molecule has 0 saturated heterocycles. The number of aromatic hydroxyl groups is 1. The zero-order chi connectivity index (χ0) is 27.5. The molecule has 0 unspecified atom stereocenters. The summed E-state index contributed by atoms with van der Waals surface area (Å²) >= 11 is 0. The number of hydrogen-bond acceptors (Lipinski definition) is 8. The van der Waals surface area contributed by atoms with Crippen LogP contribution in [0.3, 0.4) is 0 Å². The maximum absolute atomic E-state index is 13.4. The Bertz CT molecular complexity index is 1610. The number of hydrogen-bond donors (Lipinski definition) is 4. The predicted octanol–water partition coefficient (Wildman–Crippen LogP) is 5.90. The molecule has 0 atom stereocenters. The molecule has 0 aliphatic rings. The van der Waals surface area contributed by atoms with Gasteiger partial charge in [-0.05, 0) is 36.8 Å². The van der Waals surface area contributed by atoms with Crippen molar-refractivity contribution in [1.29, 1.82) is 0 Å². The molecule has 0 bridgehead atoms. The molecular weight excluding hydrogens is 518 g/mol. The standard InChI is InChI=1S/C27H29N5O5S.CH4/c1-5-27(2,3)26(34)29-17-9-8-10-21(15-17)38(35,36)32-25-24(30-22-11-6-7-12-23(22)31-25)28-18-13-19(33)16-20(14-18)37-4;/h6-16,33H,5H2,1-4H3,(H,28,30)(H,29,34)(H,31,32);1H4. The summed E-state index contributed by atoms with van der Waals surface area (Å²) in [6.07, 6.45) is 0.625. The van der Waals surface area contributed by atoms with Crippen molar-refractivity contribution in [2.24, 2.45) is 5.41 Å². The number of fused-ring (bicyclic) bond motifs is 1. The number of para-hydroxylation sites is 2. The quantitative estimate of drug-likeness (QED) is 0.201. The van der Waals surface area contributed by atoms with E-state index < -0.39 is 15.4 Å². The molecule has 4 aromatic rings. The van der Waals surface area contributed by atoms with Crippen molar-refractivity contribution in [1.82, 2.24) is 9.97 Å². The molecule has 0 aliphatic carbocycles. The molecule has 0 saturated carbocycles. The lowest BCUT2D eigenvalue weighted by Gasteiger charge is -2.21. The van der Waals surface area contributed by atoms with E-state index in [1.165, 1.54) is 31.4 Å². The minimum Gasteiger partial charge on any atom is -0.508 e. The number of rotatable bonds is 9. The topological polar surface area (TPSA) is 143 Å². The molecule has 3 aromatic carbocycles. The minimum atomic E-state index is -4.13. The largest absolute Gasteiger partial charge is 0.508 e. The van der Waals surface area contributed by atoms with Gasteiger partial charge in [0.15, 0.2) is 11.6 Å². The number of methoxy groups -OCH3 is 1. The maximum atomic E-state index is 13.4. The molecule has 1 amide bonds. The number of carbonyl (C=O) groups excluding carboxylic acids is 1. The first-order valence-electron chi connectivity index (χ1n) is 11.9. The van der Waals surface area contributed by atoms with Crippen molar-refractivity contribution in [3.63, 3.8) is 0 Å². The minimum absolute atomic E-state index is 0. The summed E-state index contributed by atoms with van der Waals surface area (Å²) in [7, 11) is -2.67. The van der Waals surface area contributed by atoms with Crippen LogP contribution in [0.2, 0.25) is 0 Å². The molecule has 0 aliphatic heterocycles. The normalized spacial score (nSPS) is 11.4. The van der Waals surface area contributed by atoms with Crippen LogP contribution in [0, 0.1) is 5.41 Å². The van der Waals surface area contributed by atoms with Crippen LogP contribution in [0.15, 0.2) is 71.6 Å². The van der Waals surface area contributed by atoms with Crippen LogP contribution in [0.4, 0.5) is 23.0 Å². The Morgan fingerprint density at radius 3 is 2.26 bits per heavy atom. The van der Waals surface area contributed by atoms with E-state index in [1.807, 2.05) is 20.8 Å². The zero-order valence-electron chi connectivity index (χ0n) is 21.4. The highest BCUT2D eigenvalue weighted by Crippen LogP contribution is 2.31. The van der Waals surface area contributed by atoms with Crippen LogP contribution in [-0.2, 0) is 14.8 Å². The van der Waals surface area contributed by atoms with Crippen LogP contribution in [0.1, 0.15) is 34.6 Å². The number of phenols is 1. The second-order valence-corrected chi connectivity index (χ2v) is 11.0. The van der Waals surface area contributed by atoms with Gasteiger partial charge in [0, 0.05) is 35.0 Å². The molecule has 4 rings (SSSR count). The second kappa shape index (κ2) is 11.6. The van der Waals surface area contributed by atoms with Gasteiger partial charge in [0.2, 0.25) is 5.91 Å². The molecule has 1 aromatic heterocycles. The first kappa shape index (κ1) is 29.2. The fourth-order valence-corrected chi connectivity index (χ4v) is 4.51. The Labute approximate surface area is 228 Å². The van der Waals surface area contributed by atoms with Gasteiger partial charge in [-0.15, -0.1) is 0 Å². The van der Waals surface area contributed by atoms with Crippen LogP contribution in [-0.4, -0.2) is 36.5 Å². The zero-order valence-corrected chi connectivity index (χ0v) is 22.3. The van der Waals surface area contributed by atoms with Gasteiger partial charge in [0.05, 0.1) is 23.0 Å². The summed E-state index contributed by atoms with van der Waals surface area (Å²) in [6, 6.07) is 17.5. The van der Waals surface area contributed by atoms with Crippen molar-refractivity contribution in [2.45, 2.75) is 39.5 Å². The molecular formula is C28H33N5O5S. The number of anilines is 4. The lowest BCUT2D eigenvalue weighted by atomic mass is 9.89. The summed E-state index contributed by atoms with van der Waals surface area (Å²) < 4.78 is 34.5. The van der Waals surface area contributed by atoms with Crippen molar-refractivity contribution in [3.05, 3.63) is 66.7 Å². The lowest BCUT2D eigenvalue weighted by molar-refractivity contribution is -0.124. The average molecular weight is 552 g/mol. The van der Waals surface area contributed by atoms with Gasteiger partial charge >= 0.3 is 0 Å². The third-order valence-electron chi connectivity index (χ3n) is 6.09. The highest BCUT2D eigenvalue weighted by molar-refractivity contribution is 7.92. The lowest BCUT2D eigenvalue weighted by Crippen LogP contribution is -2.30. The number of aromatic nitrogens is 2. The van der Waals surface area contributed by atoms with E-state index in [-0.39, 0.29) is 35.6 Å². The van der Waals surface area contributed by atoms with E-state index in [1.54, 1.807) is 42.5 Å². The summed E-state index contributed by atoms with van der Waals surface area (Å²) in [5.74, 6) is 0.207. The molecule has 0 spiro atoms. The Hall–Kier alpha value is -4.38. The molecule has 39 heavy (non-hydrogen) atoms. The van der Waals surface area contributed by atoms with E-state index in [0.717, 1.165) is 0 Å². The number of carbonyl (C=O) groups is 1. The summed E-state index contributed by atoms with van der Waals surface area (Å²) in [5.41, 5.74) is 1.17. The van der Waals surface area contributed by atoms with Crippen LogP contribution in [0.25, 0.3) is 11.0 Å². The van der Waals surface area contributed by atoms with Crippen LogP contribution < -0.4 is 20.1 Å². The molecule has 0 radical (unpaired) electrons. The van der Waals surface area contributed by atoms with Gasteiger partial charge in [-0.3, -0.25) is 9.52 Å². The van der Waals surface area contributed by atoms with Gasteiger partial charge in [0.25, 0.3) is 10.0 Å². The number of ether oxygens (including phenoxy) is 1. The molecule has 11 heteroatoms. The average Bonchev–Trinajstić information content (AvgIpc) is 2.88. The van der Waals surface area contributed by atoms with Crippen LogP contribution >= 0.6 is 0 Å². The fourth-order valence-electron chi connectivity index (χ4n) is 3.46. The number of benzene rings is 3. The van der Waals surface area contributed by atoms with Gasteiger partial charge < -0.3 is 20.5 Å². The summed E-state index contributed by atoms with van der Waals surface area (Å²) in [4.78, 5) is 21.6. The number of nitrogens with zero attached hydrogens (tertiary/aromatic N) is 2. The molecule has 206 valence electrons. The van der Waals surface area contributed by atoms with Crippen molar-refractivity contribution >= 4 is 50.0 Å². The summed E-state index contributed by atoms with van der Waals surface area (Å²) in [6.45, 7) is 5.55. The van der Waals surface area contributed by atoms with Gasteiger partial charge in [0.1, 0.15) is 11.5 Å². The highest BCUT2D eigenvalue weighted by atomic mass is 32.2. The van der Waals surface area contributed by atoms with Crippen molar-refractivity contribution in [3.8, 4) is 11.5 Å². The van der Waals surface area contributed by atoms with E-state index in [2.05, 4.69) is 25.3 Å². The maximum Gasteiger partial charge on any atom is 0.263 e. The first-order chi connectivity index (χ1) is 18.0. The summed E-state index contributed by atoms with van der Waals surface area (Å²) in [5, 5.41) is 15.8. The SMILES string of the molecule is C.CCC(C)(C)C(=O)Nc1cccc(S(=O)(=O)Nc2nc3ccccc3nc2Nc2cc(O)cc(OC)c2)c1. The predicted molar refractivity (Wildman–Crippen MR) is 154 cm³/mol. The van der Waals surface area contributed by atoms with Crippen LogP contribution in [0.5, 0.6) is 11.5 Å². The molecule has 1 heterocycles. The third kappa shape index (κ3) is 6.74. The highest BCUT2D eigenvalue weighted by Gasteiger charge is 2.26. The Kier molecular flexibility index (Phi) is 8.65. The second-order valence-electron chi connectivity index (χ2n) is 9.28. The van der Waals surface area contributed by atoms with E-state index in [4.69, 9.17) is 4.74 Å². The van der Waals surface area contributed by atoms with E-state index >= 15 is 0 Å². The Morgan fingerprint density at radius 2 is 1.62 bits per heavy atom. The van der Waals surface area contributed by atoms with Crippen molar-refractivity contribution in [2.75, 3.05) is 22.5 Å². The molecule has 4 N–H and O–H groups in total. The molecule has 0 fully saturated rings. The van der Waals surface area contributed by atoms with E-state index in [9.17, 15) is 18.3 Å². The Balaban J connectivity index is 0.00000420. The molecule has 10 nitrogen and oxygen atoms in total. The first-order valence-corrected chi connectivity index (χ1v) is 13.4. The third-order valence-corrected chi connectivity index (χ3v) is 7.43. The monoisotopic (exact) mass is 551 g/mol. The van der Waals surface area contributed by atoms with E-state index in [0.29, 0.717) is 34.6 Å². The Morgan fingerprint density at radius 1 is 0.949 bits per heavy atom.